The van der Waals surface area contributed by atoms with Crippen LogP contribution in [0.4, 0.5) is 0 Å². The standard InChI is InChI=1S/C34H35N3O7S/c1-40-34-33(43-23-27-17-9-4-10-18-27)32(42-22-26-15-7-3-8-16-26)31(41-21-25-13-5-2-6-14-25)30(44-34)24-45(38,39)37-35-28-19-11-12-20-29(28)36-37/h2-20,30-34H,21-24H2,1H3/t30-,31-,32+,33-,34+/m1/s1. The molecule has 1 saturated heterocycles. The van der Waals surface area contributed by atoms with Gasteiger partial charge in [0.25, 0.3) is 10.0 Å². The van der Waals surface area contributed by atoms with E-state index in [1.807, 2.05) is 91.0 Å². The van der Waals surface area contributed by atoms with E-state index < -0.39 is 46.5 Å². The van der Waals surface area contributed by atoms with Crippen molar-refractivity contribution in [1.82, 2.24) is 14.4 Å². The van der Waals surface area contributed by atoms with Crippen LogP contribution in [0.1, 0.15) is 16.7 Å². The zero-order chi connectivity index (χ0) is 31.1. The zero-order valence-electron chi connectivity index (χ0n) is 24.8. The molecule has 2 heterocycles. The van der Waals surface area contributed by atoms with Gasteiger partial charge in [-0.15, -0.1) is 10.2 Å². The molecule has 11 heteroatoms. The van der Waals surface area contributed by atoms with E-state index in [0.29, 0.717) is 11.0 Å². The Morgan fingerprint density at radius 2 is 1.04 bits per heavy atom. The fourth-order valence-electron chi connectivity index (χ4n) is 5.31. The second kappa shape index (κ2) is 14.4. The van der Waals surface area contributed by atoms with E-state index in [0.717, 1.165) is 20.9 Å². The third-order valence-electron chi connectivity index (χ3n) is 7.57. The lowest BCUT2D eigenvalue weighted by Crippen LogP contribution is -2.62. The van der Waals surface area contributed by atoms with Gasteiger partial charge in [0, 0.05) is 7.11 Å². The SMILES string of the molecule is CO[C@H]1O[C@H](CS(=O)(=O)n2nc3ccccc3n2)[C@@H](OCc2ccccc2)[C@H](OCc2ccccc2)[C@H]1OCc1ccccc1. The minimum atomic E-state index is -4.10. The van der Waals surface area contributed by atoms with Crippen molar-refractivity contribution in [3.8, 4) is 0 Å². The second-order valence-corrected chi connectivity index (χ2v) is 12.6. The van der Waals surface area contributed by atoms with Crippen LogP contribution in [0.3, 0.4) is 0 Å². The minimum Gasteiger partial charge on any atom is -0.368 e. The molecule has 0 N–H and O–H groups in total. The van der Waals surface area contributed by atoms with Crippen molar-refractivity contribution in [2.45, 2.75) is 50.5 Å². The smallest absolute Gasteiger partial charge is 0.272 e. The van der Waals surface area contributed by atoms with Gasteiger partial charge in [-0.25, -0.2) is 8.42 Å². The molecule has 0 spiro atoms. The number of rotatable bonds is 13. The first-order valence-electron chi connectivity index (χ1n) is 14.7. The van der Waals surface area contributed by atoms with Crippen molar-refractivity contribution < 1.29 is 32.1 Å². The van der Waals surface area contributed by atoms with Crippen LogP contribution in [-0.2, 0) is 53.5 Å². The van der Waals surface area contributed by atoms with Gasteiger partial charge in [-0.3, -0.25) is 0 Å². The monoisotopic (exact) mass is 629 g/mol. The van der Waals surface area contributed by atoms with Crippen LogP contribution in [0.5, 0.6) is 0 Å². The molecule has 0 unspecified atom stereocenters. The van der Waals surface area contributed by atoms with Crippen LogP contribution in [0.15, 0.2) is 115 Å². The number of hydrogen-bond donors (Lipinski definition) is 0. The summed E-state index contributed by atoms with van der Waals surface area (Å²) in [6.07, 6.45) is -4.32. The topological polar surface area (TPSA) is 111 Å². The third-order valence-corrected chi connectivity index (χ3v) is 8.98. The molecule has 0 bridgehead atoms. The quantitative estimate of drug-likeness (QED) is 0.182. The summed E-state index contributed by atoms with van der Waals surface area (Å²) in [6.45, 7) is 0.700. The Kier molecular flexibility index (Phi) is 9.94. The summed E-state index contributed by atoms with van der Waals surface area (Å²) in [5.41, 5.74) is 3.75. The lowest BCUT2D eigenvalue weighted by Gasteiger charge is -2.45. The van der Waals surface area contributed by atoms with Crippen LogP contribution >= 0.6 is 0 Å². The maximum absolute atomic E-state index is 13.8. The molecule has 0 aliphatic carbocycles. The average molecular weight is 630 g/mol. The highest BCUT2D eigenvalue weighted by Gasteiger charge is 2.50. The van der Waals surface area contributed by atoms with E-state index in [2.05, 4.69) is 10.2 Å². The van der Waals surface area contributed by atoms with Crippen LogP contribution in [0.25, 0.3) is 11.0 Å². The molecule has 1 aliphatic rings. The summed E-state index contributed by atoms with van der Waals surface area (Å²) in [6, 6.07) is 36.1. The van der Waals surface area contributed by atoms with Gasteiger partial charge in [-0.2, -0.15) is 0 Å². The molecule has 0 radical (unpaired) electrons. The largest absolute Gasteiger partial charge is 0.368 e. The summed E-state index contributed by atoms with van der Waals surface area (Å²) in [5, 5.41) is 8.43. The fraction of sp³-hybridized carbons (Fsp3) is 0.294. The minimum absolute atomic E-state index is 0.198. The van der Waals surface area contributed by atoms with E-state index in [1.54, 1.807) is 24.3 Å². The molecule has 0 amide bonds. The highest BCUT2D eigenvalue weighted by Crippen LogP contribution is 2.32. The molecule has 5 atom stereocenters. The van der Waals surface area contributed by atoms with Gasteiger partial charge in [-0.05, 0) is 28.8 Å². The van der Waals surface area contributed by atoms with Gasteiger partial charge in [0.1, 0.15) is 41.2 Å². The first kappa shape index (κ1) is 31.0. The zero-order valence-corrected chi connectivity index (χ0v) is 25.6. The van der Waals surface area contributed by atoms with E-state index in [4.69, 9.17) is 23.7 Å². The average Bonchev–Trinajstić information content (AvgIpc) is 3.53. The number of nitrogens with zero attached hydrogens (tertiary/aromatic N) is 3. The van der Waals surface area contributed by atoms with Gasteiger partial charge in [0.05, 0.1) is 19.8 Å². The summed E-state index contributed by atoms with van der Waals surface area (Å²) >= 11 is 0. The van der Waals surface area contributed by atoms with Crippen molar-refractivity contribution in [1.29, 1.82) is 0 Å². The number of hydrogen-bond acceptors (Lipinski definition) is 9. The van der Waals surface area contributed by atoms with Crippen molar-refractivity contribution in [2.24, 2.45) is 0 Å². The molecule has 0 saturated carbocycles. The molecule has 1 aromatic heterocycles. The fourth-order valence-corrected chi connectivity index (χ4v) is 6.55. The molecule has 1 fully saturated rings. The van der Waals surface area contributed by atoms with E-state index in [1.165, 1.54) is 7.11 Å². The Bertz CT molecular complexity index is 1720. The molecular weight excluding hydrogens is 594 g/mol. The molecule has 6 rings (SSSR count). The molecule has 5 aromatic rings. The van der Waals surface area contributed by atoms with E-state index in [9.17, 15) is 8.42 Å². The number of ether oxygens (including phenoxy) is 5. The van der Waals surface area contributed by atoms with Crippen molar-refractivity contribution in [3.05, 3.63) is 132 Å². The maximum Gasteiger partial charge on any atom is 0.272 e. The number of methoxy groups -OCH3 is 1. The number of aromatic nitrogens is 3. The van der Waals surface area contributed by atoms with Crippen molar-refractivity contribution in [3.63, 3.8) is 0 Å². The third kappa shape index (κ3) is 7.64. The summed E-state index contributed by atoms with van der Waals surface area (Å²) in [7, 11) is -2.60. The lowest BCUT2D eigenvalue weighted by molar-refractivity contribution is -0.313. The van der Waals surface area contributed by atoms with Crippen LogP contribution in [-0.4, -0.2) is 66.4 Å². The predicted molar refractivity (Wildman–Crippen MR) is 167 cm³/mol. The first-order chi connectivity index (χ1) is 22.0. The molecular formula is C34H35N3O7S. The first-order valence-corrected chi connectivity index (χ1v) is 16.3. The van der Waals surface area contributed by atoms with Gasteiger partial charge in [0.15, 0.2) is 6.29 Å². The van der Waals surface area contributed by atoms with Gasteiger partial charge in [0.2, 0.25) is 0 Å². The maximum atomic E-state index is 13.8. The van der Waals surface area contributed by atoms with Crippen LogP contribution in [0.2, 0.25) is 0 Å². The molecule has 10 nitrogen and oxygen atoms in total. The Balaban J connectivity index is 1.33. The number of fused-ring (bicyclic) bond motifs is 1. The Labute approximate surface area is 262 Å². The highest BCUT2D eigenvalue weighted by molar-refractivity contribution is 7.89. The number of benzene rings is 4. The molecule has 4 aromatic carbocycles. The highest BCUT2D eigenvalue weighted by atomic mass is 32.2. The van der Waals surface area contributed by atoms with E-state index >= 15 is 0 Å². The van der Waals surface area contributed by atoms with Crippen molar-refractivity contribution in [2.75, 3.05) is 12.9 Å². The van der Waals surface area contributed by atoms with Crippen molar-refractivity contribution >= 4 is 21.1 Å². The summed E-state index contributed by atoms with van der Waals surface area (Å²) in [5.74, 6) is -0.482. The summed E-state index contributed by atoms with van der Waals surface area (Å²) < 4.78 is 59.9. The van der Waals surface area contributed by atoms with Crippen LogP contribution < -0.4 is 0 Å². The molecule has 1 aliphatic heterocycles. The van der Waals surface area contributed by atoms with Gasteiger partial charge >= 0.3 is 0 Å². The molecule has 234 valence electrons. The van der Waals surface area contributed by atoms with E-state index in [-0.39, 0.29) is 19.8 Å². The summed E-state index contributed by atoms with van der Waals surface area (Å²) in [4.78, 5) is 0. The Hall–Kier alpha value is -3.97. The molecule has 45 heavy (non-hydrogen) atoms. The van der Waals surface area contributed by atoms with Crippen LogP contribution in [0, 0.1) is 0 Å². The Morgan fingerprint density at radius 3 is 1.51 bits per heavy atom. The predicted octanol–water partition coefficient (Wildman–Crippen LogP) is 4.74. The second-order valence-electron chi connectivity index (χ2n) is 10.8. The normalized spacial score (nSPS) is 22.0. The van der Waals surface area contributed by atoms with Gasteiger partial charge < -0.3 is 23.7 Å². The Morgan fingerprint density at radius 1 is 0.622 bits per heavy atom. The van der Waals surface area contributed by atoms with Gasteiger partial charge in [-0.1, -0.05) is 107 Å². The lowest BCUT2D eigenvalue weighted by atomic mass is 9.98.